The molecular formula is C13H18N2O. The second kappa shape index (κ2) is 4.58. The van der Waals surface area contributed by atoms with Gasteiger partial charge in [0, 0.05) is 18.1 Å². The lowest BCUT2D eigenvalue weighted by Gasteiger charge is -2.08. The highest BCUT2D eigenvalue weighted by molar-refractivity contribution is 5.88. The van der Waals surface area contributed by atoms with Crippen LogP contribution in [0.15, 0.2) is 24.4 Å². The minimum Gasteiger partial charge on any atom is -0.495 e. The molecule has 86 valence electrons. The van der Waals surface area contributed by atoms with Gasteiger partial charge in [-0.15, -0.1) is 0 Å². The van der Waals surface area contributed by atoms with Crippen LogP contribution < -0.4 is 4.74 Å². The van der Waals surface area contributed by atoms with Gasteiger partial charge in [-0.3, -0.25) is 0 Å². The predicted molar refractivity (Wildman–Crippen MR) is 67.1 cm³/mol. The maximum atomic E-state index is 5.32. The normalized spacial score (nSPS) is 11.2. The first-order valence-corrected chi connectivity index (χ1v) is 5.50. The molecule has 0 aliphatic carbocycles. The molecule has 0 bridgehead atoms. The van der Waals surface area contributed by atoms with Gasteiger partial charge in [-0.05, 0) is 32.1 Å². The van der Waals surface area contributed by atoms with Crippen LogP contribution in [0.1, 0.15) is 5.56 Å². The summed E-state index contributed by atoms with van der Waals surface area (Å²) < 4.78 is 5.32. The number of nitrogens with one attached hydrogen (secondary N) is 1. The van der Waals surface area contributed by atoms with Crippen molar-refractivity contribution in [1.82, 2.24) is 9.88 Å². The highest BCUT2D eigenvalue weighted by atomic mass is 16.5. The number of fused-ring (bicyclic) bond motifs is 1. The number of rotatable bonds is 4. The van der Waals surface area contributed by atoms with E-state index in [4.69, 9.17) is 4.74 Å². The first kappa shape index (κ1) is 11.0. The first-order chi connectivity index (χ1) is 7.72. The zero-order valence-electron chi connectivity index (χ0n) is 10.1. The summed E-state index contributed by atoms with van der Waals surface area (Å²) in [5, 5.41) is 1.27. The SMILES string of the molecule is COc1cccc2c(CCN(C)C)c[nH]c12. The van der Waals surface area contributed by atoms with E-state index in [9.17, 15) is 0 Å². The molecule has 0 spiro atoms. The molecule has 3 heteroatoms. The molecule has 0 radical (unpaired) electrons. The van der Waals surface area contributed by atoms with Crippen LogP contribution in [0.5, 0.6) is 5.75 Å². The second-order valence-corrected chi connectivity index (χ2v) is 4.25. The number of H-pyrrole nitrogens is 1. The smallest absolute Gasteiger partial charge is 0.142 e. The van der Waals surface area contributed by atoms with E-state index < -0.39 is 0 Å². The van der Waals surface area contributed by atoms with Gasteiger partial charge in [-0.2, -0.15) is 0 Å². The summed E-state index contributed by atoms with van der Waals surface area (Å²) >= 11 is 0. The summed E-state index contributed by atoms with van der Waals surface area (Å²) in [5.74, 6) is 0.911. The molecule has 0 fully saturated rings. The van der Waals surface area contributed by atoms with Crippen LogP contribution in [0.25, 0.3) is 10.9 Å². The molecule has 1 N–H and O–H groups in total. The van der Waals surface area contributed by atoms with Crippen LogP contribution in [0.2, 0.25) is 0 Å². The van der Waals surface area contributed by atoms with E-state index in [0.29, 0.717) is 0 Å². The largest absolute Gasteiger partial charge is 0.495 e. The highest BCUT2D eigenvalue weighted by Gasteiger charge is 2.07. The maximum absolute atomic E-state index is 5.32. The number of nitrogens with zero attached hydrogens (tertiary/aromatic N) is 1. The number of hydrogen-bond acceptors (Lipinski definition) is 2. The summed E-state index contributed by atoms with van der Waals surface area (Å²) in [5.41, 5.74) is 2.45. The Morgan fingerprint density at radius 3 is 2.81 bits per heavy atom. The Balaban J connectivity index is 2.34. The Morgan fingerprint density at radius 1 is 1.31 bits per heavy atom. The molecule has 1 heterocycles. The number of aromatic nitrogens is 1. The molecule has 2 rings (SSSR count). The molecule has 0 atom stereocenters. The summed E-state index contributed by atoms with van der Waals surface area (Å²) in [6, 6.07) is 6.15. The van der Waals surface area contributed by atoms with Gasteiger partial charge < -0.3 is 14.6 Å². The van der Waals surface area contributed by atoms with Gasteiger partial charge in [0.2, 0.25) is 0 Å². The zero-order chi connectivity index (χ0) is 11.5. The monoisotopic (exact) mass is 218 g/mol. The lowest BCUT2D eigenvalue weighted by Crippen LogP contribution is -2.14. The van der Waals surface area contributed by atoms with Crippen molar-refractivity contribution in [3.05, 3.63) is 30.0 Å². The topological polar surface area (TPSA) is 28.3 Å². The number of likely N-dealkylation sites (N-methyl/N-ethyl adjacent to an activating group) is 1. The minimum atomic E-state index is 0.911. The van der Waals surface area contributed by atoms with Crippen LogP contribution in [-0.2, 0) is 6.42 Å². The standard InChI is InChI=1S/C13H18N2O/c1-15(2)8-7-10-9-14-13-11(10)5-4-6-12(13)16-3/h4-6,9,14H,7-8H2,1-3H3. The molecule has 0 aliphatic rings. The zero-order valence-corrected chi connectivity index (χ0v) is 10.1. The van der Waals surface area contributed by atoms with Crippen molar-refractivity contribution in [1.29, 1.82) is 0 Å². The molecule has 0 unspecified atom stereocenters. The number of methoxy groups -OCH3 is 1. The van der Waals surface area contributed by atoms with E-state index in [2.05, 4.69) is 36.2 Å². The lowest BCUT2D eigenvalue weighted by atomic mass is 10.1. The average molecular weight is 218 g/mol. The van der Waals surface area contributed by atoms with Crippen LogP contribution in [0.4, 0.5) is 0 Å². The summed E-state index contributed by atoms with van der Waals surface area (Å²) in [4.78, 5) is 5.48. The molecule has 0 aliphatic heterocycles. The molecule has 3 nitrogen and oxygen atoms in total. The Kier molecular flexibility index (Phi) is 3.15. The first-order valence-electron chi connectivity index (χ1n) is 5.50. The molecule has 0 amide bonds. The summed E-state index contributed by atoms with van der Waals surface area (Å²) in [6.45, 7) is 1.06. The molecule has 2 aromatic rings. The van der Waals surface area contributed by atoms with E-state index in [0.717, 1.165) is 24.2 Å². The average Bonchev–Trinajstić information content (AvgIpc) is 2.69. The minimum absolute atomic E-state index is 0.911. The van der Waals surface area contributed by atoms with E-state index in [1.165, 1.54) is 10.9 Å². The fourth-order valence-electron chi connectivity index (χ4n) is 1.91. The fourth-order valence-corrected chi connectivity index (χ4v) is 1.91. The number of ether oxygens (including phenoxy) is 1. The fraction of sp³-hybridized carbons (Fsp3) is 0.385. The van der Waals surface area contributed by atoms with Crippen molar-refractivity contribution in [2.75, 3.05) is 27.7 Å². The van der Waals surface area contributed by atoms with Gasteiger partial charge in [0.25, 0.3) is 0 Å². The third kappa shape index (κ3) is 2.04. The van der Waals surface area contributed by atoms with Crippen molar-refractivity contribution in [3.63, 3.8) is 0 Å². The van der Waals surface area contributed by atoms with Gasteiger partial charge in [0.1, 0.15) is 5.75 Å². The molecule has 0 saturated carbocycles. The number of hydrogen-bond donors (Lipinski definition) is 1. The van der Waals surface area contributed by atoms with Gasteiger partial charge in [-0.1, -0.05) is 12.1 Å². The van der Waals surface area contributed by atoms with Crippen LogP contribution in [0.3, 0.4) is 0 Å². The Labute approximate surface area is 96.0 Å². The Hall–Kier alpha value is -1.48. The third-order valence-corrected chi connectivity index (χ3v) is 2.81. The molecule has 1 aromatic heterocycles. The molecule has 0 saturated heterocycles. The molecule has 1 aromatic carbocycles. The Bertz CT molecular complexity index is 474. The van der Waals surface area contributed by atoms with Gasteiger partial charge in [-0.25, -0.2) is 0 Å². The predicted octanol–water partition coefficient (Wildman–Crippen LogP) is 2.28. The van der Waals surface area contributed by atoms with Gasteiger partial charge in [0.15, 0.2) is 0 Å². The summed E-state index contributed by atoms with van der Waals surface area (Å²) in [6.07, 6.45) is 3.14. The summed E-state index contributed by atoms with van der Waals surface area (Å²) in [7, 11) is 5.89. The van der Waals surface area contributed by atoms with Crippen molar-refractivity contribution in [2.45, 2.75) is 6.42 Å². The van der Waals surface area contributed by atoms with Crippen LogP contribution >= 0.6 is 0 Å². The van der Waals surface area contributed by atoms with Crippen molar-refractivity contribution in [2.24, 2.45) is 0 Å². The molecule has 16 heavy (non-hydrogen) atoms. The van der Waals surface area contributed by atoms with Crippen LogP contribution in [-0.4, -0.2) is 37.6 Å². The number of benzene rings is 1. The van der Waals surface area contributed by atoms with E-state index in [1.54, 1.807) is 7.11 Å². The maximum Gasteiger partial charge on any atom is 0.142 e. The molecular weight excluding hydrogens is 200 g/mol. The third-order valence-electron chi connectivity index (χ3n) is 2.81. The highest BCUT2D eigenvalue weighted by Crippen LogP contribution is 2.27. The second-order valence-electron chi connectivity index (χ2n) is 4.25. The van der Waals surface area contributed by atoms with E-state index in [-0.39, 0.29) is 0 Å². The van der Waals surface area contributed by atoms with Gasteiger partial charge >= 0.3 is 0 Å². The van der Waals surface area contributed by atoms with E-state index >= 15 is 0 Å². The van der Waals surface area contributed by atoms with Crippen LogP contribution in [0, 0.1) is 0 Å². The van der Waals surface area contributed by atoms with Crippen molar-refractivity contribution < 1.29 is 4.74 Å². The van der Waals surface area contributed by atoms with Crippen molar-refractivity contribution >= 4 is 10.9 Å². The van der Waals surface area contributed by atoms with Crippen molar-refractivity contribution in [3.8, 4) is 5.75 Å². The lowest BCUT2D eigenvalue weighted by molar-refractivity contribution is 0.414. The quantitative estimate of drug-likeness (QED) is 0.852. The number of para-hydroxylation sites is 1. The van der Waals surface area contributed by atoms with E-state index in [1.807, 2.05) is 12.1 Å². The van der Waals surface area contributed by atoms with Gasteiger partial charge in [0.05, 0.1) is 12.6 Å². The Morgan fingerprint density at radius 2 is 2.12 bits per heavy atom. The number of aromatic amines is 1.